The fraction of sp³-hybridized carbons (Fsp3) is 0.750. The molecule has 2 fully saturated rings. The van der Waals surface area contributed by atoms with Crippen molar-refractivity contribution in [2.75, 3.05) is 13.2 Å². The van der Waals surface area contributed by atoms with Crippen molar-refractivity contribution < 1.29 is 9.47 Å². The number of aromatic nitrogens is 1. The normalized spacial score (nSPS) is 24.6. The molecule has 5 heteroatoms. The van der Waals surface area contributed by atoms with Crippen LogP contribution in [-0.2, 0) is 9.47 Å². The van der Waals surface area contributed by atoms with E-state index in [1.54, 1.807) is 11.3 Å². The van der Waals surface area contributed by atoms with Crippen molar-refractivity contribution in [3.05, 3.63) is 14.5 Å². The Kier molecular flexibility index (Phi) is 3.28. The van der Waals surface area contributed by atoms with Crippen LogP contribution in [0.5, 0.6) is 0 Å². The molecule has 1 saturated heterocycles. The van der Waals surface area contributed by atoms with E-state index in [9.17, 15) is 0 Å². The Morgan fingerprint density at radius 2 is 1.94 bits per heavy atom. The first-order chi connectivity index (χ1) is 8.19. The van der Waals surface area contributed by atoms with E-state index in [2.05, 4.69) is 27.8 Å². The van der Waals surface area contributed by atoms with Gasteiger partial charge >= 0.3 is 0 Å². The Morgan fingerprint density at radius 3 is 2.47 bits per heavy atom. The van der Waals surface area contributed by atoms with Crippen molar-refractivity contribution in [3.63, 3.8) is 0 Å². The van der Waals surface area contributed by atoms with Crippen molar-refractivity contribution >= 4 is 27.3 Å². The molecule has 94 valence electrons. The molecule has 3 rings (SSSR count). The van der Waals surface area contributed by atoms with Crippen molar-refractivity contribution in [2.24, 2.45) is 0 Å². The molecule has 0 bridgehead atoms. The van der Waals surface area contributed by atoms with E-state index in [1.807, 2.05) is 0 Å². The van der Waals surface area contributed by atoms with Crippen LogP contribution in [0, 0.1) is 6.92 Å². The summed E-state index contributed by atoms with van der Waals surface area (Å²) in [5, 5.41) is 0. The number of nitrogens with zero attached hydrogens (tertiary/aromatic N) is 1. The third kappa shape index (κ3) is 2.30. The van der Waals surface area contributed by atoms with Gasteiger partial charge in [-0.3, -0.25) is 0 Å². The highest BCUT2D eigenvalue weighted by molar-refractivity contribution is 9.11. The standard InChI is InChI=1S/C12H16BrNO2S/c1-8-10(17-11(13)14-8)9-2-4-12(5-3-9)15-6-7-16-12/h9H,2-7H2,1H3. The second-order valence-corrected chi connectivity index (χ2v) is 7.11. The van der Waals surface area contributed by atoms with Crippen LogP contribution in [0.1, 0.15) is 42.2 Å². The van der Waals surface area contributed by atoms with E-state index < -0.39 is 0 Å². The maximum absolute atomic E-state index is 5.76. The van der Waals surface area contributed by atoms with Gasteiger partial charge in [-0.15, -0.1) is 11.3 Å². The molecule has 0 amide bonds. The zero-order valence-corrected chi connectivity index (χ0v) is 12.3. The Bertz CT molecular complexity index is 405. The first-order valence-corrected chi connectivity index (χ1v) is 7.70. The van der Waals surface area contributed by atoms with Crippen LogP contribution >= 0.6 is 27.3 Å². The maximum atomic E-state index is 5.76. The Balaban J connectivity index is 1.70. The van der Waals surface area contributed by atoms with E-state index in [0.717, 1.165) is 42.8 Å². The smallest absolute Gasteiger partial charge is 0.168 e. The molecular formula is C12H16BrNO2S. The Hall–Kier alpha value is 0.0300. The second kappa shape index (κ2) is 4.61. The Morgan fingerprint density at radius 1 is 1.29 bits per heavy atom. The zero-order chi connectivity index (χ0) is 11.9. The lowest BCUT2D eigenvalue weighted by atomic mass is 9.84. The number of hydrogen-bond acceptors (Lipinski definition) is 4. The highest BCUT2D eigenvalue weighted by Crippen LogP contribution is 2.44. The number of rotatable bonds is 1. The Labute approximate surface area is 114 Å². The van der Waals surface area contributed by atoms with Crippen molar-refractivity contribution in [1.29, 1.82) is 0 Å². The predicted octanol–water partition coefficient (Wildman–Crippen LogP) is 3.61. The van der Waals surface area contributed by atoms with Gasteiger partial charge < -0.3 is 9.47 Å². The first kappa shape index (κ1) is 12.1. The van der Waals surface area contributed by atoms with Crippen LogP contribution in [-0.4, -0.2) is 24.0 Å². The fourth-order valence-corrected chi connectivity index (χ4v) is 4.61. The molecule has 1 spiro atoms. The molecule has 1 aromatic rings. The summed E-state index contributed by atoms with van der Waals surface area (Å²) in [5.41, 5.74) is 1.18. The van der Waals surface area contributed by atoms with E-state index in [0.29, 0.717) is 5.92 Å². The van der Waals surface area contributed by atoms with Gasteiger partial charge in [-0.2, -0.15) is 0 Å². The number of ether oxygens (including phenoxy) is 2. The number of aryl methyl sites for hydroxylation is 1. The van der Waals surface area contributed by atoms with Crippen LogP contribution in [0.4, 0.5) is 0 Å². The minimum atomic E-state index is -0.244. The highest BCUT2D eigenvalue weighted by Gasteiger charge is 2.41. The van der Waals surface area contributed by atoms with Crippen molar-refractivity contribution in [3.8, 4) is 0 Å². The minimum absolute atomic E-state index is 0.244. The van der Waals surface area contributed by atoms with Gasteiger partial charge in [0.25, 0.3) is 0 Å². The molecule has 17 heavy (non-hydrogen) atoms. The van der Waals surface area contributed by atoms with Gasteiger partial charge in [0.1, 0.15) is 0 Å². The quantitative estimate of drug-likeness (QED) is 0.792. The van der Waals surface area contributed by atoms with E-state index in [1.165, 1.54) is 10.6 Å². The zero-order valence-electron chi connectivity index (χ0n) is 9.87. The topological polar surface area (TPSA) is 31.4 Å². The summed E-state index contributed by atoms with van der Waals surface area (Å²) < 4.78 is 12.5. The number of halogens is 1. The van der Waals surface area contributed by atoms with Gasteiger partial charge in [-0.25, -0.2) is 4.98 Å². The van der Waals surface area contributed by atoms with Gasteiger partial charge in [0, 0.05) is 17.7 Å². The van der Waals surface area contributed by atoms with Crippen LogP contribution in [0.2, 0.25) is 0 Å². The predicted molar refractivity (Wildman–Crippen MR) is 70.4 cm³/mol. The lowest BCUT2D eigenvalue weighted by Gasteiger charge is -2.35. The van der Waals surface area contributed by atoms with E-state index in [-0.39, 0.29) is 5.79 Å². The summed E-state index contributed by atoms with van der Waals surface area (Å²) in [6.45, 7) is 3.62. The molecule has 0 radical (unpaired) electrons. The minimum Gasteiger partial charge on any atom is -0.348 e. The molecule has 2 heterocycles. The van der Waals surface area contributed by atoms with Crippen LogP contribution in [0.25, 0.3) is 0 Å². The lowest BCUT2D eigenvalue weighted by Crippen LogP contribution is -2.34. The molecule has 0 aromatic carbocycles. The van der Waals surface area contributed by atoms with Crippen molar-refractivity contribution in [1.82, 2.24) is 4.98 Å². The lowest BCUT2D eigenvalue weighted by molar-refractivity contribution is -0.178. The van der Waals surface area contributed by atoms with Gasteiger partial charge in [-0.1, -0.05) is 0 Å². The van der Waals surface area contributed by atoms with Gasteiger partial charge in [0.05, 0.1) is 18.9 Å². The summed E-state index contributed by atoms with van der Waals surface area (Å²) in [6, 6.07) is 0. The molecule has 1 saturated carbocycles. The summed E-state index contributed by atoms with van der Waals surface area (Å²) in [7, 11) is 0. The second-order valence-electron chi connectivity index (χ2n) is 4.80. The summed E-state index contributed by atoms with van der Waals surface area (Å²) in [5.74, 6) is 0.393. The first-order valence-electron chi connectivity index (χ1n) is 6.09. The third-order valence-corrected chi connectivity index (χ3v) is 5.51. The molecule has 3 nitrogen and oxygen atoms in total. The number of thiazole rings is 1. The van der Waals surface area contributed by atoms with Gasteiger partial charge in [0.2, 0.25) is 0 Å². The molecule has 0 atom stereocenters. The monoisotopic (exact) mass is 317 g/mol. The maximum Gasteiger partial charge on any atom is 0.168 e. The number of hydrogen-bond donors (Lipinski definition) is 0. The van der Waals surface area contributed by atoms with Crippen LogP contribution < -0.4 is 0 Å². The summed E-state index contributed by atoms with van der Waals surface area (Å²) >= 11 is 5.24. The highest BCUT2D eigenvalue weighted by atomic mass is 79.9. The van der Waals surface area contributed by atoms with Gasteiger partial charge in [-0.05, 0) is 41.6 Å². The SMILES string of the molecule is Cc1nc(Br)sc1C1CCC2(CC1)OCCO2. The molecule has 1 aromatic heterocycles. The summed E-state index contributed by atoms with van der Waals surface area (Å²) in [6.07, 6.45) is 4.34. The fourth-order valence-electron chi connectivity index (χ4n) is 2.86. The molecule has 0 N–H and O–H groups in total. The molecule has 1 aliphatic heterocycles. The van der Waals surface area contributed by atoms with Crippen molar-refractivity contribution in [2.45, 2.75) is 44.3 Å². The third-order valence-electron chi connectivity index (χ3n) is 3.74. The van der Waals surface area contributed by atoms with E-state index >= 15 is 0 Å². The van der Waals surface area contributed by atoms with Gasteiger partial charge in [0.15, 0.2) is 9.70 Å². The molecule has 2 aliphatic rings. The van der Waals surface area contributed by atoms with E-state index in [4.69, 9.17) is 9.47 Å². The largest absolute Gasteiger partial charge is 0.348 e. The molecular weight excluding hydrogens is 302 g/mol. The average Bonchev–Trinajstić information content (AvgIpc) is 2.88. The molecule has 1 aliphatic carbocycles. The summed E-state index contributed by atoms with van der Waals surface area (Å²) in [4.78, 5) is 5.88. The molecule has 0 unspecified atom stereocenters. The van der Waals surface area contributed by atoms with Crippen LogP contribution in [0.3, 0.4) is 0 Å². The average molecular weight is 318 g/mol. The van der Waals surface area contributed by atoms with Crippen LogP contribution in [0.15, 0.2) is 3.92 Å².